The van der Waals surface area contributed by atoms with Crippen LogP contribution in [0.25, 0.3) is 0 Å². The third kappa shape index (κ3) is 3.85. The zero-order valence-electron chi connectivity index (χ0n) is 9.65. The average molecular weight is 248 g/mol. The van der Waals surface area contributed by atoms with E-state index in [2.05, 4.69) is 10.1 Å². The number of Topliss-reactive ketones (excluding diaryl/α,β-unsaturated/α-hetero) is 1. The predicted molar refractivity (Wildman–Crippen MR) is 53.7 cm³/mol. The van der Waals surface area contributed by atoms with Crippen LogP contribution in [-0.4, -0.2) is 29.0 Å². The van der Waals surface area contributed by atoms with E-state index in [9.17, 15) is 13.6 Å². The number of hydrogen-bond acceptors (Lipinski definition) is 5. The molecule has 1 aromatic heterocycles. The Morgan fingerprint density at radius 2 is 2.18 bits per heavy atom. The van der Waals surface area contributed by atoms with Gasteiger partial charge in [0.05, 0.1) is 6.42 Å². The van der Waals surface area contributed by atoms with Crippen molar-refractivity contribution in [2.24, 2.45) is 0 Å². The molecule has 0 saturated carbocycles. The van der Waals surface area contributed by atoms with E-state index in [0.29, 0.717) is 13.0 Å². The van der Waals surface area contributed by atoms with Crippen LogP contribution in [0.5, 0.6) is 0 Å². The maximum atomic E-state index is 12.0. The van der Waals surface area contributed by atoms with Gasteiger partial charge in [-0.25, -0.2) is 8.78 Å². The van der Waals surface area contributed by atoms with Crippen molar-refractivity contribution in [3.05, 3.63) is 11.7 Å². The lowest BCUT2D eigenvalue weighted by Gasteiger charge is -2.09. The highest BCUT2D eigenvalue weighted by Crippen LogP contribution is 2.18. The van der Waals surface area contributed by atoms with Crippen LogP contribution in [0, 0.1) is 0 Å². The quantitative estimate of drug-likeness (QED) is 0.737. The first kappa shape index (κ1) is 13.7. The minimum Gasteiger partial charge on any atom is -0.370 e. The van der Waals surface area contributed by atoms with Crippen LogP contribution < -0.4 is 0 Å². The van der Waals surface area contributed by atoms with E-state index in [1.54, 1.807) is 0 Å². The average Bonchev–Trinajstić information content (AvgIpc) is 2.74. The van der Waals surface area contributed by atoms with Crippen LogP contribution in [0.1, 0.15) is 38.1 Å². The van der Waals surface area contributed by atoms with Gasteiger partial charge < -0.3 is 9.26 Å². The first-order valence-electron chi connectivity index (χ1n) is 5.33. The van der Waals surface area contributed by atoms with Gasteiger partial charge in [-0.3, -0.25) is 4.79 Å². The predicted octanol–water partition coefficient (Wildman–Crippen LogP) is 1.93. The number of ether oxygens (including phenoxy) is 1. The summed E-state index contributed by atoms with van der Waals surface area (Å²) in [6, 6.07) is 0. The standard InChI is InChI=1S/C10H14F2N2O3/c1-3-7(16-4-2)10-13-8(17-14-10)5-6(15)9(11)12/h7,9H,3-5H2,1-2H3. The summed E-state index contributed by atoms with van der Waals surface area (Å²) in [6.45, 7) is 4.18. The zero-order valence-corrected chi connectivity index (χ0v) is 9.65. The maximum Gasteiger partial charge on any atom is 0.296 e. The topological polar surface area (TPSA) is 65.2 Å². The monoisotopic (exact) mass is 248 g/mol. The summed E-state index contributed by atoms with van der Waals surface area (Å²) in [5.74, 6) is -1.06. The van der Waals surface area contributed by atoms with Gasteiger partial charge in [-0.05, 0) is 13.3 Å². The molecule has 0 bridgehead atoms. The molecule has 0 N–H and O–H groups in total. The summed E-state index contributed by atoms with van der Waals surface area (Å²) in [7, 11) is 0. The molecule has 1 heterocycles. The molecule has 0 saturated heterocycles. The molecule has 0 radical (unpaired) electrons. The Bertz CT molecular complexity index is 368. The number of halogens is 2. The Labute approximate surface area is 97.1 Å². The van der Waals surface area contributed by atoms with Crippen LogP contribution in [0.3, 0.4) is 0 Å². The van der Waals surface area contributed by atoms with Crippen molar-refractivity contribution >= 4 is 5.78 Å². The summed E-state index contributed by atoms with van der Waals surface area (Å²) >= 11 is 0. The van der Waals surface area contributed by atoms with Crippen LogP contribution in [-0.2, 0) is 16.0 Å². The van der Waals surface area contributed by atoms with E-state index < -0.39 is 18.6 Å². The van der Waals surface area contributed by atoms with Crippen molar-refractivity contribution in [3.63, 3.8) is 0 Å². The molecule has 0 aliphatic heterocycles. The van der Waals surface area contributed by atoms with Gasteiger partial charge >= 0.3 is 0 Å². The second-order valence-corrected chi connectivity index (χ2v) is 3.34. The third-order valence-corrected chi connectivity index (χ3v) is 2.08. The van der Waals surface area contributed by atoms with Gasteiger partial charge in [-0.15, -0.1) is 0 Å². The van der Waals surface area contributed by atoms with Gasteiger partial charge in [-0.1, -0.05) is 12.1 Å². The molecule has 7 heteroatoms. The zero-order chi connectivity index (χ0) is 12.8. The fourth-order valence-corrected chi connectivity index (χ4v) is 1.27. The normalized spacial score (nSPS) is 13.0. The highest BCUT2D eigenvalue weighted by atomic mass is 19.3. The van der Waals surface area contributed by atoms with Gasteiger partial charge in [-0.2, -0.15) is 4.98 Å². The third-order valence-electron chi connectivity index (χ3n) is 2.08. The van der Waals surface area contributed by atoms with E-state index >= 15 is 0 Å². The first-order valence-corrected chi connectivity index (χ1v) is 5.33. The highest BCUT2D eigenvalue weighted by molar-refractivity contribution is 5.82. The Morgan fingerprint density at radius 3 is 2.71 bits per heavy atom. The molecular formula is C10H14F2N2O3. The van der Waals surface area contributed by atoms with E-state index in [0.717, 1.165) is 0 Å². The number of carbonyl (C=O) groups is 1. The van der Waals surface area contributed by atoms with Crippen LogP contribution in [0.4, 0.5) is 8.78 Å². The minimum absolute atomic E-state index is 0.108. The second-order valence-electron chi connectivity index (χ2n) is 3.34. The van der Waals surface area contributed by atoms with Crippen LogP contribution >= 0.6 is 0 Å². The number of nitrogens with zero attached hydrogens (tertiary/aromatic N) is 2. The Kier molecular flexibility index (Phi) is 5.14. The van der Waals surface area contributed by atoms with Gasteiger partial charge in [0.25, 0.3) is 6.43 Å². The van der Waals surface area contributed by atoms with Crippen molar-refractivity contribution in [1.29, 1.82) is 0 Å². The van der Waals surface area contributed by atoms with E-state index in [-0.39, 0.29) is 17.8 Å². The second kappa shape index (κ2) is 6.39. The van der Waals surface area contributed by atoms with Crippen LogP contribution in [0.15, 0.2) is 4.52 Å². The van der Waals surface area contributed by atoms with E-state index in [1.807, 2.05) is 13.8 Å². The summed E-state index contributed by atoms with van der Waals surface area (Å²) in [6.07, 6.45) is -3.26. The first-order chi connectivity index (χ1) is 8.08. The Morgan fingerprint density at radius 1 is 1.47 bits per heavy atom. The molecule has 1 atom stereocenters. The molecule has 1 aromatic rings. The molecule has 0 aromatic carbocycles. The summed E-state index contributed by atoms with van der Waals surface area (Å²) in [4.78, 5) is 14.6. The SMILES string of the molecule is CCOC(CC)c1noc(CC(=O)C(F)F)n1. The molecule has 96 valence electrons. The Hall–Kier alpha value is -1.37. The number of carbonyl (C=O) groups excluding carboxylic acids is 1. The molecule has 17 heavy (non-hydrogen) atoms. The fraction of sp³-hybridized carbons (Fsp3) is 0.700. The van der Waals surface area contributed by atoms with Crippen molar-refractivity contribution in [1.82, 2.24) is 10.1 Å². The molecule has 0 aliphatic carbocycles. The largest absolute Gasteiger partial charge is 0.370 e. The van der Waals surface area contributed by atoms with Gasteiger partial charge in [0.15, 0.2) is 0 Å². The van der Waals surface area contributed by atoms with E-state index in [1.165, 1.54) is 0 Å². The van der Waals surface area contributed by atoms with Crippen LogP contribution in [0.2, 0.25) is 0 Å². The summed E-state index contributed by atoms with van der Waals surface area (Å²) < 4.78 is 34.0. The lowest BCUT2D eigenvalue weighted by atomic mass is 10.2. The molecule has 0 amide bonds. The lowest BCUT2D eigenvalue weighted by Crippen LogP contribution is -2.13. The van der Waals surface area contributed by atoms with Gasteiger partial charge in [0.2, 0.25) is 17.5 Å². The Balaban J connectivity index is 2.67. The van der Waals surface area contributed by atoms with Crippen molar-refractivity contribution < 1.29 is 22.8 Å². The molecule has 5 nitrogen and oxygen atoms in total. The van der Waals surface area contributed by atoms with Crippen molar-refractivity contribution in [3.8, 4) is 0 Å². The number of alkyl halides is 2. The smallest absolute Gasteiger partial charge is 0.296 e. The van der Waals surface area contributed by atoms with E-state index in [4.69, 9.17) is 9.26 Å². The minimum atomic E-state index is -3.01. The highest BCUT2D eigenvalue weighted by Gasteiger charge is 2.21. The molecule has 1 rings (SSSR count). The molecule has 0 fully saturated rings. The number of ketones is 1. The fourth-order valence-electron chi connectivity index (χ4n) is 1.27. The molecular weight excluding hydrogens is 234 g/mol. The lowest BCUT2D eigenvalue weighted by molar-refractivity contribution is -0.129. The molecule has 0 spiro atoms. The summed E-state index contributed by atoms with van der Waals surface area (Å²) in [5, 5.41) is 3.61. The summed E-state index contributed by atoms with van der Waals surface area (Å²) in [5.41, 5.74) is 0. The number of rotatable bonds is 7. The number of aromatic nitrogens is 2. The van der Waals surface area contributed by atoms with Gasteiger partial charge in [0, 0.05) is 6.61 Å². The molecule has 1 unspecified atom stereocenters. The number of hydrogen-bond donors (Lipinski definition) is 0. The van der Waals surface area contributed by atoms with Crippen molar-refractivity contribution in [2.45, 2.75) is 39.2 Å². The molecule has 0 aliphatic rings. The van der Waals surface area contributed by atoms with Gasteiger partial charge in [0.1, 0.15) is 6.10 Å². The maximum absolute atomic E-state index is 12.0. The van der Waals surface area contributed by atoms with Crippen molar-refractivity contribution in [2.75, 3.05) is 6.61 Å².